The summed E-state index contributed by atoms with van der Waals surface area (Å²) >= 11 is 1.30. The summed E-state index contributed by atoms with van der Waals surface area (Å²) < 4.78 is 17.4. The number of aromatic nitrogens is 7. The van der Waals surface area contributed by atoms with Gasteiger partial charge in [-0.1, -0.05) is 32.9 Å². The number of nitrogens with zero attached hydrogens (tertiary/aromatic N) is 9. The van der Waals surface area contributed by atoms with Gasteiger partial charge in [-0.2, -0.15) is 5.10 Å². The van der Waals surface area contributed by atoms with Crippen LogP contribution in [0.3, 0.4) is 0 Å². The minimum atomic E-state index is -1.29. The van der Waals surface area contributed by atoms with E-state index in [1.165, 1.54) is 18.4 Å². The van der Waals surface area contributed by atoms with Gasteiger partial charge >= 0.3 is 0 Å². The largest absolute Gasteiger partial charge is 0.494 e. The maximum absolute atomic E-state index is 13.9. The second-order valence-electron chi connectivity index (χ2n) is 16.6. The number of hydrogen-bond acceptors (Lipinski definition) is 14. The first-order chi connectivity index (χ1) is 32.1. The van der Waals surface area contributed by atoms with Gasteiger partial charge in [0, 0.05) is 69.4 Å². The van der Waals surface area contributed by atoms with Gasteiger partial charge < -0.3 is 40.1 Å². The first-order valence-corrected chi connectivity index (χ1v) is 23.2. The van der Waals surface area contributed by atoms with Crippen LogP contribution in [0.2, 0.25) is 0 Å². The number of aliphatic hydroxyl groups excluding tert-OH is 1. The number of piperazine rings is 1. The van der Waals surface area contributed by atoms with E-state index in [0.717, 1.165) is 24.6 Å². The maximum Gasteiger partial charge on any atom is 0.276 e. The van der Waals surface area contributed by atoms with E-state index in [0.29, 0.717) is 100 Å². The third-order valence-corrected chi connectivity index (χ3v) is 12.5. The molecule has 20 nitrogen and oxygen atoms in total. The van der Waals surface area contributed by atoms with Crippen LogP contribution < -0.4 is 31.6 Å². The first-order valence-electron chi connectivity index (χ1n) is 22.4. The summed E-state index contributed by atoms with van der Waals surface area (Å²) in [6.07, 6.45) is 3.68. The third kappa shape index (κ3) is 10.6. The van der Waals surface area contributed by atoms with Crippen molar-refractivity contribution in [1.29, 1.82) is 0 Å². The molecule has 1 fully saturated rings. The quantitative estimate of drug-likeness (QED) is 0.0423. The minimum absolute atomic E-state index is 0.0431. The average Bonchev–Trinajstić information content (AvgIpc) is 4.07. The van der Waals surface area contributed by atoms with Crippen LogP contribution in [0.1, 0.15) is 92.8 Å². The number of aliphatic hydroxyl groups is 1. The number of fused-ring (bicyclic) bond motifs is 2. The number of carbonyl (C=O) groups is 4. The van der Waals surface area contributed by atoms with Gasteiger partial charge in [-0.3, -0.25) is 39.4 Å². The third-order valence-electron chi connectivity index (χ3n) is 11.5. The lowest BCUT2D eigenvalue weighted by molar-refractivity contribution is -0.136. The molecule has 7 rings (SSSR count). The van der Waals surface area contributed by atoms with Crippen molar-refractivity contribution < 1.29 is 33.8 Å². The Morgan fingerprint density at radius 3 is 2.12 bits per heavy atom. The Hall–Kier alpha value is -6.68. The van der Waals surface area contributed by atoms with E-state index in [2.05, 4.69) is 25.6 Å². The number of ether oxygens (including phenoxy) is 2. The van der Waals surface area contributed by atoms with Gasteiger partial charge in [0.25, 0.3) is 11.8 Å². The van der Waals surface area contributed by atoms with Crippen LogP contribution in [-0.2, 0) is 30.8 Å². The van der Waals surface area contributed by atoms with E-state index in [1.54, 1.807) is 44.1 Å². The molecule has 67 heavy (non-hydrogen) atoms. The molecule has 0 aliphatic carbocycles. The molecular weight excluding hydrogens is 879 g/mol. The Kier molecular flexibility index (Phi) is 15.0. The van der Waals surface area contributed by atoms with Gasteiger partial charge in [-0.25, -0.2) is 15.0 Å². The number of anilines is 2. The van der Waals surface area contributed by atoms with Crippen molar-refractivity contribution in [1.82, 2.24) is 43.7 Å². The standard InChI is InChI=1S/C46H59N13O7S/c1-8-31-39(67-28(6)49-31)43(63)53-46-50-32-22-29(40(47)60)24-35(65-7)37(32)57(46)14-10-11-15-58-38-33(51-45(58)52-42(62)34-21-27(5)54-59(34)9-2)23-30(41(48)61)25-36(38)66-20-12-13-55-16-18-56(19-17-55)44(64)26(3)4/h10-11,21-26,40,60H,8-9,12-20,47H2,1-7H3,(H2,48,61)(H,50,53,63)(H,51,52,62)/b11-10+. The van der Waals surface area contributed by atoms with Crippen LogP contribution >= 0.6 is 11.3 Å². The number of thiazole rings is 1. The highest BCUT2D eigenvalue weighted by Gasteiger charge is 2.26. The Morgan fingerprint density at radius 2 is 1.52 bits per heavy atom. The summed E-state index contributed by atoms with van der Waals surface area (Å²) in [5.74, 6) is -0.202. The average molecular weight is 938 g/mol. The molecule has 4 amide bonds. The summed E-state index contributed by atoms with van der Waals surface area (Å²) in [4.78, 5) is 71.6. The van der Waals surface area contributed by atoms with E-state index in [1.807, 2.05) is 58.6 Å². The molecular formula is C46H59N13O7S. The van der Waals surface area contributed by atoms with Gasteiger partial charge in [0.1, 0.15) is 39.3 Å². The van der Waals surface area contributed by atoms with Gasteiger partial charge in [0.2, 0.25) is 23.7 Å². The molecule has 0 bridgehead atoms. The lowest BCUT2D eigenvalue weighted by Gasteiger charge is -2.35. The second-order valence-corrected chi connectivity index (χ2v) is 17.8. The van der Waals surface area contributed by atoms with Crippen molar-refractivity contribution in [3.63, 3.8) is 0 Å². The van der Waals surface area contributed by atoms with Gasteiger partial charge in [0.15, 0.2) is 0 Å². The fourth-order valence-corrected chi connectivity index (χ4v) is 9.08. The fraction of sp³-hybridized carbons (Fsp3) is 0.435. The Labute approximate surface area is 391 Å². The van der Waals surface area contributed by atoms with Crippen molar-refractivity contribution in [3.8, 4) is 11.5 Å². The predicted molar refractivity (Wildman–Crippen MR) is 256 cm³/mol. The van der Waals surface area contributed by atoms with E-state index in [-0.39, 0.29) is 48.3 Å². The Balaban J connectivity index is 1.21. The highest BCUT2D eigenvalue weighted by atomic mass is 32.1. The number of benzene rings is 2. The van der Waals surface area contributed by atoms with Crippen molar-refractivity contribution in [2.45, 2.75) is 80.2 Å². The van der Waals surface area contributed by atoms with Crippen molar-refractivity contribution in [2.24, 2.45) is 17.4 Å². The normalized spacial score (nSPS) is 13.9. The zero-order valence-electron chi connectivity index (χ0n) is 39.0. The number of primary amides is 1. The number of nitrogens with two attached hydrogens (primary N) is 2. The fourth-order valence-electron chi connectivity index (χ4n) is 8.17. The summed E-state index contributed by atoms with van der Waals surface area (Å²) in [6.45, 7) is 16.0. The summed E-state index contributed by atoms with van der Waals surface area (Å²) in [5.41, 5.74) is 15.8. The number of amides is 4. The van der Waals surface area contributed by atoms with Crippen molar-refractivity contribution in [2.75, 3.05) is 57.1 Å². The van der Waals surface area contributed by atoms with Gasteiger partial charge in [0.05, 0.1) is 41.1 Å². The van der Waals surface area contributed by atoms with E-state index in [9.17, 15) is 24.3 Å². The van der Waals surface area contributed by atoms with E-state index < -0.39 is 18.0 Å². The van der Waals surface area contributed by atoms with E-state index >= 15 is 0 Å². The molecule has 5 heterocycles. The van der Waals surface area contributed by atoms with Gasteiger partial charge in [-0.15, -0.1) is 11.3 Å². The first kappa shape index (κ1) is 48.3. The molecule has 1 aliphatic heterocycles. The molecule has 0 radical (unpaired) electrons. The van der Waals surface area contributed by atoms with Crippen molar-refractivity contribution in [3.05, 3.63) is 80.6 Å². The van der Waals surface area contributed by atoms with Crippen molar-refractivity contribution >= 4 is 68.9 Å². The van der Waals surface area contributed by atoms with Crippen LogP contribution in [0.4, 0.5) is 11.9 Å². The molecule has 2 aromatic carbocycles. The molecule has 7 N–H and O–H groups in total. The summed E-state index contributed by atoms with van der Waals surface area (Å²) in [6, 6.07) is 8.12. The number of hydrogen-bond donors (Lipinski definition) is 5. The lowest BCUT2D eigenvalue weighted by Crippen LogP contribution is -2.50. The van der Waals surface area contributed by atoms with Gasteiger partial charge in [-0.05, 0) is 63.9 Å². The number of nitrogens with one attached hydrogen (secondary N) is 2. The molecule has 1 atom stereocenters. The number of rotatable bonds is 19. The molecule has 356 valence electrons. The Morgan fingerprint density at radius 1 is 0.881 bits per heavy atom. The van der Waals surface area contributed by atoms with Crippen LogP contribution in [0, 0.1) is 19.8 Å². The molecule has 21 heteroatoms. The highest BCUT2D eigenvalue weighted by molar-refractivity contribution is 7.13. The highest BCUT2D eigenvalue weighted by Crippen LogP contribution is 2.34. The molecule has 1 aliphatic rings. The van der Waals surface area contributed by atoms with Crippen LogP contribution in [0.5, 0.6) is 11.5 Å². The number of imidazole rings is 2. The number of methoxy groups -OCH3 is 1. The Bertz CT molecular complexity index is 2830. The topological polar surface area (TPSA) is 256 Å². The molecule has 4 aromatic heterocycles. The molecule has 6 aromatic rings. The monoisotopic (exact) mass is 937 g/mol. The summed E-state index contributed by atoms with van der Waals surface area (Å²) in [5, 5.41) is 21.4. The second kappa shape index (κ2) is 20.9. The molecule has 0 saturated carbocycles. The molecule has 0 spiro atoms. The smallest absolute Gasteiger partial charge is 0.276 e. The van der Waals surface area contributed by atoms with Crippen LogP contribution in [0.15, 0.2) is 42.5 Å². The predicted octanol–water partition coefficient (Wildman–Crippen LogP) is 4.63. The number of carbonyl (C=O) groups excluding carboxylic acids is 4. The number of aryl methyl sites for hydroxylation is 4. The van der Waals surface area contributed by atoms with E-state index in [4.69, 9.17) is 30.9 Å². The van der Waals surface area contributed by atoms with Crippen LogP contribution in [-0.4, -0.2) is 119 Å². The molecule has 1 saturated heterocycles. The SMILES string of the molecule is CCc1nc(C)sc1C(=O)Nc1nc2cc(C(N)O)cc(OC)c2n1C/C=C/Cn1c(NC(=O)c2cc(C)nn2CC)nc2cc(C(N)=O)cc(OCCCN3CCN(C(=O)C(C)C)CC3)c21. The molecule has 1 unspecified atom stereocenters. The summed E-state index contributed by atoms with van der Waals surface area (Å²) in [7, 11) is 1.50. The zero-order valence-corrected chi connectivity index (χ0v) is 39.8. The van der Waals surface area contributed by atoms with Crippen LogP contribution in [0.25, 0.3) is 22.1 Å². The number of allylic oxidation sites excluding steroid dienone is 2. The lowest BCUT2D eigenvalue weighted by atomic mass is 10.1. The zero-order chi connectivity index (χ0) is 48.1. The maximum atomic E-state index is 13.9. The minimum Gasteiger partial charge on any atom is -0.494 e.